The monoisotopic (exact) mass is 1940 g/mol. The van der Waals surface area contributed by atoms with E-state index in [-0.39, 0.29) is 11.5 Å². The van der Waals surface area contributed by atoms with Gasteiger partial charge in [-0.25, -0.2) is 69.4 Å². The Labute approximate surface area is 839 Å². The summed E-state index contributed by atoms with van der Waals surface area (Å²) in [5, 5.41) is 92.9. The summed E-state index contributed by atoms with van der Waals surface area (Å²) in [6.45, 7) is 29.7. The lowest BCUT2D eigenvalue weighted by atomic mass is 9.83. The number of benzene rings is 13. The fraction of sp³-hybridized carbons (Fsp3) is 0.136. The van der Waals surface area contributed by atoms with E-state index in [9.17, 15) is 26.0 Å². The Kier molecular flexibility index (Phi) is 34.0. The molecule has 0 amide bonds. The summed E-state index contributed by atoms with van der Waals surface area (Å²) < 4.78 is 25.8. The molecule has 0 radical (unpaired) electrons. The zero-order chi connectivity index (χ0) is 101. The van der Waals surface area contributed by atoms with Gasteiger partial charge in [-0.15, -0.1) is 9.32 Å². The van der Waals surface area contributed by atoms with E-state index in [2.05, 4.69) is 171 Å². The topological polar surface area (TPSA) is 415 Å². The number of phenolic OH excluding ortho intramolecular Hbond substituents is 2. The number of hydrogen-bond donors (Lipinski definition) is 3. The molecule has 19 aromatic rings. The van der Waals surface area contributed by atoms with Crippen LogP contribution in [0, 0.1) is 69.8 Å². The van der Waals surface area contributed by atoms with Crippen LogP contribution in [-0.4, -0.2) is 98.8 Å². The number of halogens is 1. The highest BCUT2D eigenvalue weighted by Gasteiger charge is 2.28. The molecule has 0 saturated heterocycles. The summed E-state index contributed by atoms with van der Waals surface area (Å²) in [7, 11) is 0. The Balaban J connectivity index is 0.000000137. The Morgan fingerprint density at radius 1 is 0.382 bits per heavy atom. The summed E-state index contributed by atoms with van der Waals surface area (Å²) in [6.07, 6.45) is 19.0. The molecule has 0 saturated carbocycles. The molecule has 0 aliphatic heterocycles. The fourth-order valence-electron chi connectivity index (χ4n) is 14.8. The Hall–Kier alpha value is -18.9. The van der Waals surface area contributed by atoms with Crippen LogP contribution in [0.4, 0.5) is 5.69 Å². The number of hydrogen-bond acceptors (Lipinski definition) is 25. The molecule has 0 fully saturated rings. The van der Waals surface area contributed by atoms with Crippen molar-refractivity contribution in [2.45, 2.75) is 97.2 Å². The number of phenols is 2. The zero-order valence-corrected chi connectivity index (χ0v) is 80.3. The minimum Gasteiger partial charge on any atom is -0.508 e. The Morgan fingerprint density at radius 2 is 0.840 bits per heavy atom. The molecule has 19 rings (SSSR count). The average molecular weight is 1940 g/mol. The van der Waals surface area contributed by atoms with E-state index < -0.39 is 16.4 Å². The third-order valence-corrected chi connectivity index (χ3v) is 23.3. The van der Waals surface area contributed by atoms with E-state index in [0.29, 0.717) is 90.5 Å². The number of nitrogens with zero attached hydrogens (tertiary/aromatic N) is 25. The molecule has 6 heterocycles. The van der Waals surface area contributed by atoms with Crippen LogP contribution < -0.4 is 14.8 Å². The minimum atomic E-state index is -0.645. The van der Waals surface area contributed by atoms with E-state index in [1.807, 2.05) is 163 Å². The van der Waals surface area contributed by atoms with Crippen molar-refractivity contribution in [2.24, 2.45) is 5.90 Å². The predicted octanol–water partition coefficient (Wildman–Crippen LogP) is 22.0. The van der Waals surface area contributed by atoms with Crippen molar-refractivity contribution in [3.8, 4) is 115 Å². The molecule has 144 heavy (non-hydrogen) atoms. The van der Waals surface area contributed by atoms with Gasteiger partial charge in [0.05, 0.1) is 109 Å². The zero-order valence-electron chi connectivity index (χ0n) is 78.7. The molecule has 4 N–H and O–H groups in total. The van der Waals surface area contributed by atoms with Crippen LogP contribution >= 0.6 is 23.9 Å². The second-order valence-electron chi connectivity index (χ2n) is 34.1. The summed E-state index contributed by atoms with van der Waals surface area (Å²) in [5.74, 6) is 6.95. The molecule has 0 aliphatic rings. The highest BCUT2D eigenvalue weighted by molar-refractivity contribution is 7.90. The van der Waals surface area contributed by atoms with Crippen LogP contribution in [0.25, 0.3) is 76.1 Å². The van der Waals surface area contributed by atoms with Crippen LogP contribution in [0.5, 0.6) is 28.7 Å². The molecule has 0 aliphatic carbocycles. The van der Waals surface area contributed by atoms with Crippen molar-refractivity contribution in [3.63, 3.8) is 0 Å². The van der Waals surface area contributed by atoms with Crippen LogP contribution in [0.1, 0.15) is 108 Å². The average Bonchev–Trinajstić information content (AvgIpc) is 1.05. The molecular formula is C110H91ClN26O6S. The van der Waals surface area contributed by atoms with Gasteiger partial charge in [0.2, 0.25) is 0 Å². The quantitative estimate of drug-likeness (QED) is 0.0149. The number of nitrogens with two attached hydrogens (primary N) is 1. The van der Waals surface area contributed by atoms with Crippen molar-refractivity contribution in [3.05, 3.63) is 444 Å². The van der Waals surface area contributed by atoms with Gasteiger partial charge in [0.15, 0.2) is 5.69 Å². The van der Waals surface area contributed by atoms with Crippen molar-refractivity contribution < 1.29 is 28.5 Å². The van der Waals surface area contributed by atoms with E-state index in [1.54, 1.807) is 157 Å². The molecule has 0 spiro atoms. The molecule has 0 unspecified atom stereocenters. The number of nitriles is 5. The predicted molar refractivity (Wildman–Crippen MR) is 545 cm³/mol. The van der Waals surface area contributed by atoms with Gasteiger partial charge < -0.3 is 24.0 Å². The molecule has 34 heteroatoms. The standard InChI is InChI=1S/C23H20N4.C20H17N5.C19H17ClN4O.C17H11N5.C16H12N4O.C15H14N4O4S/c1-23(2,14-24)22-10-17(13-27-16-25-15-26-27)9-21(12-22)20-8-7-18-5-3-4-6-19(18)11-20;1-20(2,12-22)19-8-16(11-25-14-23-13-24-25)7-18(9-19)17-5-3-4-15(6-17)10-21;1-19(2,21-3)16-7-13(10-24-12-22-11-23-24)6-15(8-16)14-4-5-18(25)17(20)9-14;18-8-13-1-3-14(4-2-13)15-5-6-16(9-19)17(7-15)10-22-12-20-11-21-22;1-17-16-7-2-12(9-20-11-18-10-19-20)8-15(16)13-3-5-14(21)6-4-13;16-22-23-24-21-14-6-4-13(5-7-14)20-15-3-1-2-12(8-15)9-19-11-17-10-18-19/h3-12,15-16H,13H2,1-2H3;3-9,13-14H,11H2,1-2H3;4-9,11-12,25H,10H2,1-2H3;1-7,11-12H,10H2;2-8,10-11,21H,9H2;1-8,10-11H,9,16H2. The van der Waals surface area contributed by atoms with Crippen LogP contribution in [0.15, 0.2) is 349 Å². The maximum atomic E-state index is 9.65. The molecule has 0 atom stereocenters. The lowest BCUT2D eigenvalue weighted by Crippen LogP contribution is -2.15. The first-order valence-electron chi connectivity index (χ1n) is 44.5. The maximum Gasteiger partial charge on any atom is 0.260 e. The second kappa shape index (κ2) is 48.4. The van der Waals surface area contributed by atoms with Crippen molar-refractivity contribution in [1.29, 1.82) is 26.3 Å². The summed E-state index contributed by atoms with van der Waals surface area (Å²) in [6, 6.07) is 97.6. The van der Waals surface area contributed by atoms with Gasteiger partial charge >= 0.3 is 0 Å². The van der Waals surface area contributed by atoms with Gasteiger partial charge in [0.1, 0.15) is 105 Å². The summed E-state index contributed by atoms with van der Waals surface area (Å²) >= 11 is 6.67. The number of ether oxygens (including phenoxy) is 1. The second-order valence-corrected chi connectivity index (χ2v) is 34.9. The van der Waals surface area contributed by atoms with Crippen molar-refractivity contribution in [1.82, 2.24) is 88.6 Å². The first-order valence-corrected chi connectivity index (χ1v) is 45.5. The third kappa shape index (κ3) is 28.0. The molecule has 32 nitrogen and oxygen atoms in total. The number of rotatable bonds is 26. The SMILES string of the molecule is CC(C)(C#N)c1cc(Cn2cncn2)cc(-c2ccc3ccccc3c2)c1.CC(C)(C#N)c1cc(Cn2cncn2)cc(-c2cccc(C#N)c2)c1.N#Cc1ccc(-c2ccc(C#N)c(Cn3cncn3)c2)cc1.NOOSOc1ccc(Oc2cccc(Cn3cncn3)c2)cc1.[C-]#[N+]C(C)(C)c1cc(Cn2cncn2)cc(-c2ccc(O)c(Cl)c2)c1.[C-]#[N+]c1ccc(Cn2cncn2)cc1-c1ccc(O)cc1. The van der Waals surface area contributed by atoms with Gasteiger partial charge in [-0.2, -0.15) is 62.8 Å². The lowest BCUT2D eigenvalue weighted by molar-refractivity contribution is -0.199. The van der Waals surface area contributed by atoms with E-state index >= 15 is 0 Å². The molecule has 0 bridgehead atoms. The molecule has 13 aromatic carbocycles. The van der Waals surface area contributed by atoms with Crippen molar-refractivity contribution >= 4 is 40.4 Å². The summed E-state index contributed by atoms with van der Waals surface area (Å²) in [5.41, 5.74) is 19.4. The van der Waals surface area contributed by atoms with Gasteiger partial charge in [0.25, 0.3) is 17.9 Å². The van der Waals surface area contributed by atoms with E-state index in [4.69, 9.17) is 50.1 Å². The van der Waals surface area contributed by atoms with Gasteiger partial charge in [0, 0.05) is 19.4 Å². The van der Waals surface area contributed by atoms with Gasteiger partial charge in [-0.3, -0.25) is 0 Å². The van der Waals surface area contributed by atoms with Crippen molar-refractivity contribution in [2.75, 3.05) is 0 Å². The van der Waals surface area contributed by atoms with Gasteiger partial charge in [-0.05, 0) is 284 Å². The first-order chi connectivity index (χ1) is 69.8. The van der Waals surface area contributed by atoms with Crippen LogP contribution in [0.2, 0.25) is 5.02 Å². The Morgan fingerprint density at radius 3 is 1.34 bits per heavy atom. The fourth-order valence-corrected chi connectivity index (χ4v) is 15.2. The lowest BCUT2D eigenvalue weighted by Gasteiger charge is -2.19. The molecular weight excluding hydrogens is 1850 g/mol. The highest BCUT2D eigenvalue weighted by Crippen LogP contribution is 2.39. The van der Waals surface area contributed by atoms with E-state index in [1.165, 1.54) is 48.7 Å². The first kappa shape index (κ1) is 101. The van der Waals surface area contributed by atoms with Gasteiger partial charge in [-0.1, -0.05) is 139 Å². The summed E-state index contributed by atoms with van der Waals surface area (Å²) in [4.78, 5) is 34.9. The maximum absolute atomic E-state index is 9.65. The van der Waals surface area contributed by atoms with Crippen LogP contribution in [0.3, 0.4) is 0 Å². The highest BCUT2D eigenvalue weighted by atomic mass is 35.5. The third-order valence-electron chi connectivity index (χ3n) is 22.6. The smallest absolute Gasteiger partial charge is 0.260 e. The number of fused-ring (bicyclic) bond motifs is 1. The minimum absolute atomic E-state index is 0.0471. The number of aromatic hydroxyl groups is 2. The van der Waals surface area contributed by atoms with E-state index in [0.717, 1.165) is 111 Å². The Bertz CT molecular complexity index is 7860. The van der Waals surface area contributed by atoms with Crippen LogP contribution in [-0.2, 0) is 65.0 Å². The largest absolute Gasteiger partial charge is 0.508 e. The number of aromatic nitrogens is 18. The molecule has 710 valence electrons. The molecule has 6 aromatic heterocycles. The normalized spacial score (nSPS) is 10.8.